The maximum Gasteiger partial charge on any atom is 0.343 e. The Balaban J connectivity index is 1.65. The number of ether oxygens (including phenoxy) is 1. The Morgan fingerprint density at radius 3 is 2.09 bits per heavy atom. The van der Waals surface area contributed by atoms with Gasteiger partial charge in [-0.25, -0.2) is 9.78 Å². The average molecular weight is 575 g/mol. The van der Waals surface area contributed by atoms with Crippen LogP contribution in [0.25, 0.3) is 34.0 Å². The summed E-state index contributed by atoms with van der Waals surface area (Å²) in [5, 5.41) is 0. The minimum Gasteiger partial charge on any atom is -0.435 e. The van der Waals surface area contributed by atoms with Crippen molar-refractivity contribution in [3.05, 3.63) is 118 Å². The largest absolute Gasteiger partial charge is 0.435 e. The third kappa shape index (κ3) is 4.74. The minimum atomic E-state index is -0.443. The van der Waals surface area contributed by atoms with Crippen molar-refractivity contribution in [1.82, 2.24) is 4.98 Å². The molecule has 1 aromatic heterocycles. The van der Waals surface area contributed by atoms with Gasteiger partial charge in [0.25, 0.3) is 0 Å². The fourth-order valence-corrected chi connectivity index (χ4v) is 4.14. The van der Waals surface area contributed by atoms with Gasteiger partial charge in [-0.1, -0.05) is 80.4 Å². The van der Waals surface area contributed by atoms with Gasteiger partial charge in [-0.05, 0) is 54.6 Å². The monoisotopic (exact) mass is 573 g/mol. The molecule has 0 bridgehead atoms. The van der Waals surface area contributed by atoms with E-state index in [9.17, 15) is 4.79 Å². The minimum absolute atomic E-state index is 0.392. The zero-order chi connectivity index (χ0) is 23.5. The first-order valence-electron chi connectivity index (χ1n) is 10.5. The standard InChI is InChI=1S/C28H17Br2NO3/c29-21-13-11-18(12-14-21)26-25(31-27(34-26)19-7-3-1-4-8-19)23-17-22(30)15-16-24(23)33-28(32)20-9-5-2-6-10-20/h1-17H. The van der Waals surface area contributed by atoms with Crippen molar-refractivity contribution in [2.45, 2.75) is 0 Å². The van der Waals surface area contributed by atoms with Gasteiger partial charge in [0.1, 0.15) is 11.4 Å². The first-order valence-corrected chi connectivity index (χ1v) is 12.1. The van der Waals surface area contributed by atoms with Gasteiger partial charge in [-0.3, -0.25) is 0 Å². The lowest BCUT2D eigenvalue weighted by Crippen LogP contribution is -2.09. The van der Waals surface area contributed by atoms with Crippen LogP contribution >= 0.6 is 31.9 Å². The molecule has 0 aliphatic rings. The predicted octanol–water partition coefficient (Wildman–Crippen LogP) is 8.42. The van der Waals surface area contributed by atoms with Crippen LogP contribution < -0.4 is 4.74 Å². The Hall–Kier alpha value is -3.48. The number of nitrogens with zero attached hydrogens (tertiary/aromatic N) is 1. The number of oxazole rings is 1. The molecule has 34 heavy (non-hydrogen) atoms. The molecule has 0 spiro atoms. The number of aromatic nitrogens is 1. The quantitative estimate of drug-likeness (QED) is 0.156. The Bertz CT molecular complexity index is 1450. The second-order valence-electron chi connectivity index (χ2n) is 7.47. The third-order valence-corrected chi connectivity index (χ3v) is 6.19. The van der Waals surface area contributed by atoms with Gasteiger partial charge in [0.05, 0.1) is 5.56 Å². The molecular formula is C28H17Br2NO3. The van der Waals surface area contributed by atoms with Crippen LogP contribution in [-0.2, 0) is 0 Å². The summed E-state index contributed by atoms with van der Waals surface area (Å²) in [6.07, 6.45) is 0. The Kier molecular flexibility index (Phi) is 6.43. The second-order valence-corrected chi connectivity index (χ2v) is 9.30. The molecule has 1 heterocycles. The van der Waals surface area contributed by atoms with Crippen LogP contribution in [0.2, 0.25) is 0 Å². The molecule has 0 N–H and O–H groups in total. The lowest BCUT2D eigenvalue weighted by Gasteiger charge is -2.10. The van der Waals surface area contributed by atoms with E-state index >= 15 is 0 Å². The number of benzene rings is 4. The smallest absolute Gasteiger partial charge is 0.343 e. The van der Waals surface area contributed by atoms with Crippen molar-refractivity contribution < 1.29 is 13.9 Å². The maximum absolute atomic E-state index is 12.8. The highest BCUT2D eigenvalue weighted by atomic mass is 79.9. The van der Waals surface area contributed by atoms with Crippen molar-refractivity contribution in [3.8, 4) is 39.8 Å². The van der Waals surface area contributed by atoms with Gasteiger partial charge in [0.2, 0.25) is 5.89 Å². The zero-order valence-electron chi connectivity index (χ0n) is 17.7. The molecule has 5 aromatic rings. The van der Waals surface area contributed by atoms with Crippen LogP contribution in [0.15, 0.2) is 116 Å². The van der Waals surface area contributed by atoms with Crippen LogP contribution in [0.1, 0.15) is 10.4 Å². The predicted molar refractivity (Wildman–Crippen MR) is 140 cm³/mol. The molecule has 0 fully saturated rings. The van der Waals surface area contributed by atoms with Crippen molar-refractivity contribution in [2.75, 3.05) is 0 Å². The van der Waals surface area contributed by atoms with Crippen LogP contribution in [0, 0.1) is 0 Å². The molecule has 0 saturated carbocycles. The van der Waals surface area contributed by atoms with E-state index in [2.05, 4.69) is 31.9 Å². The van der Waals surface area contributed by atoms with Crippen molar-refractivity contribution in [1.29, 1.82) is 0 Å². The van der Waals surface area contributed by atoms with E-state index in [1.807, 2.05) is 72.8 Å². The summed E-state index contributed by atoms with van der Waals surface area (Å²) in [6.45, 7) is 0. The highest BCUT2D eigenvalue weighted by Gasteiger charge is 2.22. The molecule has 0 aliphatic heterocycles. The van der Waals surface area contributed by atoms with E-state index in [1.54, 1.807) is 30.3 Å². The molecule has 4 aromatic carbocycles. The summed E-state index contributed by atoms with van der Waals surface area (Å²) in [7, 11) is 0. The summed E-state index contributed by atoms with van der Waals surface area (Å²) in [5.74, 6) is 1.01. The van der Waals surface area contributed by atoms with Crippen molar-refractivity contribution in [2.24, 2.45) is 0 Å². The fraction of sp³-hybridized carbons (Fsp3) is 0. The van der Waals surface area contributed by atoms with Gasteiger partial charge in [0, 0.05) is 25.6 Å². The number of rotatable bonds is 5. The molecule has 0 unspecified atom stereocenters. The molecule has 166 valence electrons. The maximum atomic E-state index is 12.8. The molecule has 6 heteroatoms. The number of carbonyl (C=O) groups excluding carboxylic acids is 1. The second kappa shape index (κ2) is 9.79. The van der Waals surface area contributed by atoms with E-state index in [4.69, 9.17) is 14.1 Å². The molecule has 0 radical (unpaired) electrons. The van der Waals surface area contributed by atoms with E-state index in [-0.39, 0.29) is 0 Å². The number of hydrogen-bond donors (Lipinski definition) is 0. The fourth-order valence-electron chi connectivity index (χ4n) is 3.51. The van der Waals surface area contributed by atoms with Crippen LogP contribution in [0.5, 0.6) is 5.75 Å². The molecule has 0 atom stereocenters. The van der Waals surface area contributed by atoms with Gasteiger partial charge in [0.15, 0.2) is 5.76 Å². The lowest BCUT2D eigenvalue weighted by atomic mass is 10.0. The normalized spacial score (nSPS) is 10.8. The Morgan fingerprint density at radius 1 is 0.735 bits per heavy atom. The molecule has 5 rings (SSSR count). The summed E-state index contributed by atoms with van der Waals surface area (Å²) in [5.41, 5.74) is 3.40. The topological polar surface area (TPSA) is 52.3 Å². The summed E-state index contributed by atoms with van der Waals surface area (Å²) >= 11 is 7.03. The molecular weight excluding hydrogens is 558 g/mol. The van der Waals surface area contributed by atoms with Gasteiger partial charge in [-0.2, -0.15) is 0 Å². The first kappa shape index (κ1) is 22.3. The third-order valence-electron chi connectivity index (χ3n) is 5.16. The number of halogens is 2. The van der Waals surface area contributed by atoms with Crippen LogP contribution in [0.3, 0.4) is 0 Å². The van der Waals surface area contributed by atoms with Crippen LogP contribution in [0.4, 0.5) is 0 Å². The number of carbonyl (C=O) groups is 1. The summed E-state index contributed by atoms with van der Waals surface area (Å²) in [4.78, 5) is 17.7. The highest BCUT2D eigenvalue weighted by molar-refractivity contribution is 9.10. The van der Waals surface area contributed by atoms with Gasteiger partial charge in [-0.15, -0.1) is 0 Å². The van der Waals surface area contributed by atoms with Crippen molar-refractivity contribution in [3.63, 3.8) is 0 Å². The SMILES string of the molecule is O=C(Oc1ccc(Br)cc1-c1nc(-c2ccccc2)oc1-c1ccc(Br)cc1)c1ccccc1. The van der Waals surface area contributed by atoms with E-state index in [0.29, 0.717) is 34.2 Å². The Morgan fingerprint density at radius 2 is 1.38 bits per heavy atom. The molecule has 4 nitrogen and oxygen atoms in total. The van der Waals surface area contributed by atoms with Gasteiger partial charge >= 0.3 is 5.97 Å². The summed E-state index contributed by atoms with van der Waals surface area (Å²) in [6, 6.07) is 31.9. The van der Waals surface area contributed by atoms with Crippen molar-refractivity contribution >= 4 is 37.8 Å². The molecule has 0 amide bonds. The Labute approximate surface area is 213 Å². The first-order chi connectivity index (χ1) is 16.6. The number of esters is 1. The molecule has 0 saturated heterocycles. The van der Waals surface area contributed by atoms with E-state index in [0.717, 1.165) is 20.1 Å². The highest BCUT2D eigenvalue weighted by Crippen LogP contribution is 2.41. The molecule has 0 aliphatic carbocycles. The summed E-state index contributed by atoms with van der Waals surface area (Å²) < 4.78 is 13.9. The lowest BCUT2D eigenvalue weighted by molar-refractivity contribution is 0.0735. The van der Waals surface area contributed by atoms with E-state index in [1.165, 1.54) is 0 Å². The van der Waals surface area contributed by atoms with Gasteiger partial charge < -0.3 is 9.15 Å². The zero-order valence-corrected chi connectivity index (χ0v) is 20.9. The van der Waals surface area contributed by atoms with Crippen LogP contribution in [-0.4, -0.2) is 11.0 Å². The van der Waals surface area contributed by atoms with E-state index < -0.39 is 5.97 Å². The number of hydrogen-bond acceptors (Lipinski definition) is 4. The average Bonchev–Trinajstić information content (AvgIpc) is 3.32.